The first-order valence-electron chi connectivity index (χ1n) is 12.6. The van der Waals surface area contributed by atoms with Gasteiger partial charge in [-0.1, -0.05) is 36.4 Å². The number of carbonyl (C=O) groups is 3. The standard InChI is InChI=1S/C29H29NO5S/c1-34-24-12-19(13-25-26(31)30(28(33)36-25)17-18-5-3-2-4-6-18)7-8-23(24)35-27(32)29-14-20-9-21(15-29)11-22(10-20)16-29/h2-8,12-13,20-22H,9-11,14-17H2,1H3/b25-13-. The molecular formula is C29H29NO5S. The van der Waals surface area contributed by atoms with Crippen molar-refractivity contribution in [2.24, 2.45) is 23.2 Å². The van der Waals surface area contributed by atoms with Crippen LogP contribution in [0.15, 0.2) is 53.4 Å². The molecule has 2 amide bonds. The molecule has 36 heavy (non-hydrogen) atoms. The molecule has 0 radical (unpaired) electrons. The van der Waals surface area contributed by atoms with Crippen LogP contribution in [-0.4, -0.2) is 29.1 Å². The van der Waals surface area contributed by atoms with Gasteiger partial charge in [-0.05, 0) is 97.4 Å². The highest BCUT2D eigenvalue weighted by Gasteiger charge is 2.55. The van der Waals surface area contributed by atoms with Crippen LogP contribution in [0.3, 0.4) is 0 Å². The quantitative estimate of drug-likeness (QED) is 0.271. The van der Waals surface area contributed by atoms with Crippen LogP contribution in [0, 0.1) is 23.2 Å². The molecule has 186 valence electrons. The van der Waals surface area contributed by atoms with E-state index in [2.05, 4.69) is 0 Å². The monoisotopic (exact) mass is 503 g/mol. The zero-order valence-corrected chi connectivity index (χ0v) is 21.1. The molecule has 7 rings (SSSR count). The first-order chi connectivity index (χ1) is 17.4. The van der Waals surface area contributed by atoms with Crippen LogP contribution in [0.5, 0.6) is 11.5 Å². The van der Waals surface area contributed by atoms with E-state index in [1.165, 1.54) is 31.3 Å². The second-order valence-electron chi connectivity index (χ2n) is 10.8. The molecule has 2 aromatic rings. The lowest BCUT2D eigenvalue weighted by Crippen LogP contribution is -2.51. The lowest BCUT2D eigenvalue weighted by Gasteiger charge is -2.55. The van der Waals surface area contributed by atoms with Gasteiger partial charge in [-0.15, -0.1) is 0 Å². The van der Waals surface area contributed by atoms with Crippen LogP contribution >= 0.6 is 11.8 Å². The fraction of sp³-hybridized carbons (Fsp3) is 0.414. The van der Waals surface area contributed by atoms with Crippen molar-refractivity contribution < 1.29 is 23.9 Å². The van der Waals surface area contributed by atoms with Gasteiger partial charge in [0.1, 0.15) is 0 Å². The zero-order chi connectivity index (χ0) is 24.9. The number of benzene rings is 2. The Hall–Kier alpha value is -3.06. The summed E-state index contributed by atoms with van der Waals surface area (Å²) in [6.45, 7) is 0.241. The van der Waals surface area contributed by atoms with Gasteiger partial charge in [0.05, 0.1) is 24.0 Å². The maximum absolute atomic E-state index is 13.4. The van der Waals surface area contributed by atoms with Crippen LogP contribution < -0.4 is 9.47 Å². The Kier molecular flexibility index (Phi) is 5.91. The van der Waals surface area contributed by atoms with Crippen LogP contribution in [-0.2, 0) is 16.1 Å². The van der Waals surface area contributed by atoms with Crippen molar-refractivity contribution in [2.45, 2.75) is 45.1 Å². The van der Waals surface area contributed by atoms with E-state index in [-0.39, 0.29) is 29.1 Å². The van der Waals surface area contributed by atoms with Gasteiger partial charge in [0.2, 0.25) is 0 Å². The third-order valence-corrected chi connectivity index (χ3v) is 9.12. The van der Waals surface area contributed by atoms with E-state index < -0.39 is 0 Å². The van der Waals surface area contributed by atoms with Crippen LogP contribution in [0.4, 0.5) is 4.79 Å². The largest absolute Gasteiger partial charge is 0.493 e. The number of esters is 1. The lowest BCUT2D eigenvalue weighted by molar-refractivity contribution is -0.161. The predicted molar refractivity (Wildman–Crippen MR) is 137 cm³/mol. The second kappa shape index (κ2) is 9.11. The lowest BCUT2D eigenvalue weighted by atomic mass is 9.49. The first kappa shape index (κ1) is 23.3. The summed E-state index contributed by atoms with van der Waals surface area (Å²) in [6, 6.07) is 14.7. The summed E-state index contributed by atoms with van der Waals surface area (Å²) < 4.78 is 11.5. The van der Waals surface area contributed by atoms with Gasteiger partial charge < -0.3 is 9.47 Å². The minimum Gasteiger partial charge on any atom is -0.493 e. The van der Waals surface area contributed by atoms with Crippen molar-refractivity contribution in [1.82, 2.24) is 4.90 Å². The Morgan fingerprint density at radius 1 is 1.00 bits per heavy atom. The van der Waals surface area contributed by atoms with E-state index in [0.717, 1.165) is 36.6 Å². The van der Waals surface area contributed by atoms with Gasteiger partial charge in [0.15, 0.2) is 11.5 Å². The highest BCUT2D eigenvalue weighted by molar-refractivity contribution is 8.18. The average Bonchev–Trinajstić information content (AvgIpc) is 3.12. The summed E-state index contributed by atoms with van der Waals surface area (Å²) in [4.78, 5) is 40.4. The number of nitrogens with zero attached hydrogens (tertiary/aromatic N) is 1. The summed E-state index contributed by atoms with van der Waals surface area (Å²) in [7, 11) is 1.54. The fourth-order valence-electron chi connectivity index (χ4n) is 6.98. The van der Waals surface area contributed by atoms with Gasteiger partial charge in [-0.25, -0.2) is 0 Å². The van der Waals surface area contributed by atoms with Crippen molar-refractivity contribution in [3.05, 3.63) is 64.6 Å². The molecule has 4 bridgehead atoms. The maximum Gasteiger partial charge on any atom is 0.317 e. The number of thioether (sulfide) groups is 1. The SMILES string of the molecule is COc1cc(/C=C2\SC(=O)N(Cc3ccccc3)C2=O)ccc1OC(=O)C12CC3CC(CC(C3)C1)C2. The van der Waals surface area contributed by atoms with Gasteiger partial charge in [0, 0.05) is 0 Å². The van der Waals surface area contributed by atoms with Crippen molar-refractivity contribution in [1.29, 1.82) is 0 Å². The Bertz CT molecular complexity index is 1220. The van der Waals surface area contributed by atoms with E-state index in [1.54, 1.807) is 24.3 Å². The molecule has 4 aliphatic carbocycles. The predicted octanol–water partition coefficient (Wildman–Crippen LogP) is 6.05. The van der Waals surface area contributed by atoms with E-state index in [4.69, 9.17) is 9.47 Å². The molecule has 0 N–H and O–H groups in total. The Labute approximate surface area is 215 Å². The van der Waals surface area contributed by atoms with Crippen molar-refractivity contribution in [2.75, 3.05) is 7.11 Å². The minimum atomic E-state index is -0.351. The first-order valence-corrected chi connectivity index (χ1v) is 13.4. The molecule has 0 atom stereocenters. The molecule has 0 aromatic heterocycles. The van der Waals surface area contributed by atoms with Gasteiger partial charge in [-0.2, -0.15) is 0 Å². The molecule has 7 heteroatoms. The van der Waals surface area contributed by atoms with E-state index >= 15 is 0 Å². The molecule has 5 fully saturated rings. The topological polar surface area (TPSA) is 72.9 Å². The highest BCUT2D eigenvalue weighted by atomic mass is 32.2. The molecule has 4 saturated carbocycles. The fourth-order valence-corrected chi connectivity index (χ4v) is 7.82. The summed E-state index contributed by atoms with van der Waals surface area (Å²) in [5.74, 6) is 2.36. The van der Waals surface area contributed by atoms with Crippen LogP contribution in [0.2, 0.25) is 0 Å². The van der Waals surface area contributed by atoms with E-state index in [9.17, 15) is 14.4 Å². The number of ether oxygens (including phenoxy) is 2. The molecule has 0 unspecified atom stereocenters. The van der Waals surface area contributed by atoms with Crippen molar-refractivity contribution in [3.63, 3.8) is 0 Å². The molecule has 6 nitrogen and oxygen atoms in total. The normalized spacial score (nSPS) is 29.8. The maximum atomic E-state index is 13.4. The number of amides is 2. The summed E-state index contributed by atoms with van der Waals surface area (Å²) >= 11 is 0.929. The number of hydrogen-bond acceptors (Lipinski definition) is 6. The van der Waals surface area contributed by atoms with Crippen molar-refractivity contribution in [3.8, 4) is 11.5 Å². The number of rotatable bonds is 6. The van der Waals surface area contributed by atoms with Crippen LogP contribution in [0.25, 0.3) is 6.08 Å². The smallest absolute Gasteiger partial charge is 0.317 e. The highest BCUT2D eigenvalue weighted by Crippen LogP contribution is 2.60. The molecular weight excluding hydrogens is 474 g/mol. The Morgan fingerprint density at radius 2 is 1.67 bits per heavy atom. The van der Waals surface area contributed by atoms with Gasteiger partial charge >= 0.3 is 5.97 Å². The third kappa shape index (κ3) is 4.23. The average molecular weight is 504 g/mol. The second-order valence-corrected chi connectivity index (χ2v) is 11.7. The molecule has 1 aliphatic heterocycles. The van der Waals surface area contributed by atoms with Crippen LogP contribution in [0.1, 0.15) is 49.7 Å². The molecule has 2 aromatic carbocycles. The Morgan fingerprint density at radius 3 is 2.31 bits per heavy atom. The Balaban J connectivity index is 1.18. The van der Waals surface area contributed by atoms with Gasteiger partial charge in [0.25, 0.3) is 11.1 Å². The number of imide groups is 1. The summed E-state index contributed by atoms with van der Waals surface area (Å²) in [5.41, 5.74) is 1.25. The third-order valence-electron chi connectivity index (χ3n) is 8.22. The van der Waals surface area contributed by atoms with Crippen molar-refractivity contribution >= 4 is 35.0 Å². The molecule has 0 spiro atoms. The van der Waals surface area contributed by atoms with Gasteiger partial charge in [-0.3, -0.25) is 19.3 Å². The van der Waals surface area contributed by atoms with E-state index in [0.29, 0.717) is 39.7 Å². The summed E-state index contributed by atoms with van der Waals surface area (Å²) in [6.07, 6.45) is 8.30. The molecule has 5 aliphatic rings. The molecule has 1 heterocycles. The number of hydrogen-bond donors (Lipinski definition) is 0. The molecule has 1 saturated heterocycles. The summed E-state index contributed by atoms with van der Waals surface area (Å²) in [5, 5.41) is -0.289. The zero-order valence-electron chi connectivity index (χ0n) is 20.3. The minimum absolute atomic E-state index is 0.130. The van der Waals surface area contributed by atoms with E-state index in [1.807, 2.05) is 30.3 Å². The number of carbonyl (C=O) groups excluding carboxylic acids is 3. The number of methoxy groups -OCH3 is 1.